The predicted octanol–water partition coefficient (Wildman–Crippen LogP) is 4.58. The zero-order valence-electron chi connectivity index (χ0n) is 10.8. The summed E-state index contributed by atoms with van der Waals surface area (Å²) >= 11 is 0. The number of hydrogen-bond acceptors (Lipinski definition) is 5. The Labute approximate surface area is 130 Å². The van der Waals surface area contributed by atoms with Gasteiger partial charge in [-0.2, -0.15) is 35.1 Å². The Balaban J connectivity index is 5.22. The van der Waals surface area contributed by atoms with E-state index in [4.69, 9.17) is 0 Å². The maximum Gasteiger partial charge on any atom is 0.527 e. The van der Waals surface area contributed by atoms with Crippen molar-refractivity contribution < 1.29 is 85.2 Å². The second kappa shape index (κ2) is 6.74. The molecule has 0 radical (unpaired) electrons. The fraction of sp³-hybridized carbons (Fsp3) is 0.857. The summed E-state index contributed by atoms with van der Waals surface area (Å²) in [7, 11) is 0. The van der Waals surface area contributed by atoms with Crippen molar-refractivity contribution in [3.8, 4) is 0 Å². The van der Waals surface area contributed by atoms with Crippen molar-refractivity contribution in [3.05, 3.63) is 0 Å². The maximum absolute atomic E-state index is 12.6. The third kappa shape index (κ3) is 6.84. The van der Waals surface area contributed by atoms with E-state index >= 15 is 0 Å². The van der Waals surface area contributed by atoms with Gasteiger partial charge in [-0.05, 0) is 0 Å². The SMILES string of the molecule is O=C(OC(F)(F)C(F)(F)OC(F)(F)F)OC(F)(F)C(F)(F)OC(F)(F)F. The van der Waals surface area contributed by atoms with Crippen LogP contribution in [0.3, 0.4) is 0 Å². The van der Waals surface area contributed by atoms with E-state index in [-0.39, 0.29) is 0 Å². The normalized spacial score (nSPS) is 15.0. The molecule has 0 aliphatic rings. The Morgan fingerprint density at radius 3 is 0.885 bits per heavy atom. The minimum absolute atomic E-state index is 1.53. The van der Waals surface area contributed by atoms with Crippen LogP contribution in [0.4, 0.5) is 66.3 Å². The molecule has 0 heterocycles. The molecule has 0 bridgehead atoms. The lowest BCUT2D eigenvalue weighted by Crippen LogP contribution is -2.52. The van der Waals surface area contributed by atoms with E-state index in [2.05, 4.69) is 0 Å². The molecule has 0 spiro atoms. The van der Waals surface area contributed by atoms with Gasteiger partial charge in [-0.25, -0.2) is 14.3 Å². The van der Waals surface area contributed by atoms with Crippen LogP contribution in [0.1, 0.15) is 0 Å². The van der Waals surface area contributed by atoms with E-state index < -0.39 is 43.3 Å². The van der Waals surface area contributed by atoms with Gasteiger partial charge >= 0.3 is 43.3 Å². The first-order valence-corrected chi connectivity index (χ1v) is 4.98. The van der Waals surface area contributed by atoms with Gasteiger partial charge in [0.15, 0.2) is 0 Å². The maximum atomic E-state index is 12.6. The number of alkyl halides is 14. The van der Waals surface area contributed by atoms with E-state index in [0.717, 1.165) is 0 Å². The molecule has 0 aromatic carbocycles. The van der Waals surface area contributed by atoms with Crippen molar-refractivity contribution in [1.29, 1.82) is 0 Å². The van der Waals surface area contributed by atoms with Gasteiger partial charge in [0, 0.05) is 0 Å². The number of rotatable bonds is 6. The highest BCUT2D eigenvalue weighted by Gasteiger charge is 2.70. The van der Waals surface area contributed by atoms with Crippen LogP contribution in [-0.2, 0) is 18.9 Å². The first-order chi connectivity index (χ1) is 11.0. The largest absolute Gasteiger partial charge is 0.527 e. The van der Waals surface area contributed by atoms with Crippen LogP contribution >= 0.6 is 0 Å². The van der Waals surface area contributed by atoms with E-state index in [1.165, 1.54) is 9.47 Å². The summed E-state index contributed by atoms with van der Waals surface area (Å²) in [6, 6.07) is 0. The van der Waals surface area contributed by atoms with Crippen molar-refractivity contribution in [2.24, 2.45) is 0 Å². The number of hydrogen-bond donors (Lipinski definition) is 0. The molecule has 0 aliphatic heterocycles. The molecule has 19 heteroatoms. The molecule has 0 rings (SSSR count). The van der Waals surface area contributed by atoms with Gasteiger partial charge in [-0.3, -0.25) is 0 Å². The summed E-state index contributed by atoms with van der Waals surface area (Å²) in [5.41, 5.74) is 0. The van der Waals surface area contributed by atoms with Crippen LogP contribution in [0.5, 0.6) is 0 Å². The predicted molar refractivity (Wildman–Crippen MR) is 41.6 cm³/mol. The number of carbonyl (C=O) groups excluding carboxylic acids is 1. The second-order valence-electron chi connectivity index (χ2n) is 3.62. The Hall–Kier alpha value is -1.79. The molecular formula is C7F14O5. The van der Waals surface area contributed by atoms with Gasteiger partial charge in [0.05, 0.1) is 0 Å². The zero-order chi connectivity index (χ0) is 21.4. The van der Waals surface area contributed by atoms with E-state index in [9.17, 15) is 66.3 Å². The molecule has 0 aromatic rings. The van der Waals surface area contributed by atoms with Crippen molar-refractivity contribution >= 4 is 6.16 Å². The monoisotopic (exact) mass is 430 g/mol. The van der Waals surface area contributed by atoms with E-state index in [0.29, 0.717) is 0 Å². The molecule has 156 valence electrons. The molecule has 0 aromatic heterocycles. The average Bonchev–Trinajstić information content (AvgIpc) is 2.18. The molecule has 0 saturated carbocycles. The van der Waals surface area contributed by atoms with E-state index in [1.54, 1.807) is 0 Å². The highest BCUT2D eigenvalue weighted by Crippen LogP contribution is 2.43. The van der Waals surface area contributed by atoms with Gasteiger partial charge in [0.25, 0.3) is 0 Å². The molecule has 0 atom stereocenters. The standard InChI is InChI=1S/C7F14O5/c8-2(9,4(12,13)25-6(16,17)18)23-1(22)24-3(10,11)5(14,15)26-7(19,20)21. The average molecular weight is 430 g/mol. The Morgan fingerprint density at radius 1 is 0.462 bits per heavy atom. The Morgan fingerprint density at radius 2 is 0.692 bits per heavy atom. The molecule has 0 unspecified atom stereocenters. The van der Waals surface area contributed by atoms with Gasteiger partial charge in [-0.15, -0.1) is 26.3 Å². The van der Waals surface area contributed by atoms with Crippen LogP contribution in [0.15, 0.2) is 0 Å². The Kier molecular flexibility index (Phi) is 6.28. The lowest BCUT2D eigenvalue weighted by atomic mass is 10.5. The molecule has 0 saturated heterocycles. The first-order valence-electron chi connectivity index (χ1n) is 4.98. The van der Waals surface area contributed by atoms with Crippen LogP contribution in [-0.4, -0.2) is 43.3 Å². The number of ether oxygens (including phenoxy) is 4. The van der Waals surface area contributed by atoms with Crippen LogP contribution < -0.4 is 0 Å². The van der Waals surface area contributed by atoms with Gasteiger partial charge in [-0.1, -0.05) is 0 Å². The molecule has 5 nitrogen and oxygen atoms in total. The van der Waals surface area contributed by atoms with E-state index in [1.807, 2.05) is 9.47 Å². The minimum atomic E-state index is -6.77. The lowest BCUT2D eigenvalue weighted by Gasteiger charge is -2.28. The number of carbonyl (C=O) groups is 1. The smallest absolute Gasteiger partial charge is 0.361 e. The van der Waals surface area contributed by atoms with Crippen molar-refractivity contribution in [2.75, 3.05) is 0 Å². The summed E-state index contributed by atoms with van der Waals surface area (Å²) in [6.07, 6.45) is -43.9. The number of halogens is 14. The molecule has 26 heavy (non-hydrogen) atoms. The summed E-state index contributed by atoms with van der Waals surface area (Å²) in [5.74, 6) is 0. The molecule has 0 fully saturated rings. The quantitative estimate of drug-likeness (QED) is 0.456. The van der Waals surface area contributed by atoms with Crippen molar-refractivity contribution in [2.45, 2.75) is 37.2 Å². The molecule has 0 amide bonds. The topological polar surface area (TPSA) is 54.0 Å². The molecular weight excluding hydrogens is 430 g/mol. The lowest BCUT2D eigenvalue weighted by molar-refractivity contribution is -0.508. The van der Waals surface area contributed by atoms with Crippen LogP contribution in [0.2, 0.25) is 0 Å². The highest BCUT2D eigenvalue weighted by atomic mass is 19.4. The second-order valence-corrected chi connectivity index (χ2v) is 3.62. The molecule has 0 aliphatic carbocycles. The van der Waals surface area contributed by atoms with Gasteiger partial charge in [0.1, 0.15) is 0 Å². The zero-order valence-corrected chi connectivity index (χ0v) is 10.8. The summed E-state index contributed by atoms with van der Waals surface area (Å²) < 4.78 is 176. The Bertz CT molecular complexity index is 463. The minimum Gasteiger partial charge on any atom is -0.361 e. The summed E-state index contributed by atoms with van der Waals surface area (Å²) in [5, 5.41) is 0. The third-order valence-corrected chi connectivity index (χ3v) is 1.59. The highest BCUT2D eigenvalue weighted by molar-refractivity contribution is 5.60. The van der Waals surface area contributed by atoms with Crippen molar-refractivity contribution in [1.82, 2.24) is 0 Å². The van der Waals surface area contributed by atoms with Crippen molar-refractivity contribution in [3.63, 3.8) is 0 Å². The summed E-state index contributed by atoms with van der Waals surface area (Å²) in [6.45, 7) is 0. The van der Waals surface area contributed by atoms with Crippen LogP contribution in [0.25, 0.3) is 0 Å². The fourth-order valence-corrected chi connectivity index (χ4v) is 0.758. The summed E-state index contributed by atoms with van der Waals surface area (Å²) in [4.78, 5) is 10.4. The van der Waals surface area contributed by atoms with Crippen LogP contribution in [0, 0.1) is 0 Å². The molecule has 0 N–H and O–H groups in total. The first kappa shape index (κ1) is 24.2. The van der Waals surface area contributed by atoms with Gasteiger partial charge < -0.3 is 9.47 Å². The fourth-order valence-electron chi connectivity index (χ4n) is 0.758. The van der Waals surface area contributed by atoms with Gasteiger partial charge in [0.2, 0.25) is 0 Å². The third-order valence-electron chi connectivity index (χ3n) is 1.59.